The summed E-state index contributed by atoms with van der Waals surface area (Å²) in [5.74, 6) is -0.112. The van der Waals surface area contributed by atoms with Gasteiger partial charge in [-0.3, -0.25) is 0 Å². The van der Waals surface area contributed by atoms with E-state index in [4.69, 9.17) is 9.47 Å². The van der Waals surface area contributed by atoms with Crippen LogP contribution in [0.5, 0.6) is 11.5 Å². The molecule has 0 aliphatic heterocycles. The summed E-state index contributed by atoms with van der Waals surface area (Å²) in [6, 6.07) is 1.39. The van der Waals surface area contributed by atoms with Crippen LogP contribution in [0.1, 0.15) is 30.4 Å². The maximum Gasteiger partial charge on any atom is 0.235 e. The van der Waals surface area contributed by atoms with Crippen molar-refractivity contribution in [2.45, 2.75) is 31.7 Å². The Bertz CT molecular complexity index is 546. The van der Waals surface area contributed by atoms with E-state index in [0.29, 0.717) is 11.3 Å². The van der Waals surface area contributed by atoms with E-state index in [-0.39, 0.29) is 5.75 Å². The number of hydrogen-bond donors (Lipinski definition) is 0. The van der Waals surface area contributed by atoms with Crippen molar-refractivity contribution in [3.8, 4) is 11.5 Å². The van der Waals surface area contributed by atoms with Gasteiger partial charge in [0.2, 0.25) is 6.08 Å². The summed E-state index contributed by atoms with van der Waals surface area (Å²) in [5.41, 5.74) is 0.787. The third kappa shape index (κ3) is 2.00. The van der Waals surface area contributed by atoms with Crippen molar-refractivity contribution in [3.63, 3.8) is 0 Å². The van der Waals surface area contributed by atoms with Gasteiger partial charge in [-0.05, 0) is 37.8 Å². The van der Waals surface area contributed by atoms with E-state index in [0.717, 1.165) is 24.8 Å². The number of hydrogen-bond acceptors (Lipinski definition) is 4. The topological polar surface area (TPSA) is 47.9 Å². The Balaban J connectivity index is 2.71. The molecule has 1 aromatic carbocycles. The van der Waals surface area contributed by atoms with Crippen molar-refractivity contribution in [3.05, 3.63) is 23.0 Å². The second-order valence-electron chi connectivity index (χ2n) is 4.71. The van der Waals surface area contributed by atoms with Crippen LogP contribution in [0.4, 0.5) is 4.39 Å². The highest BCUT2D eigenvalue weighted by atomic mass is 19.1. The highest BCUT2D eigenvalue weighted by Crippen LogP contribution is 2.52. The number of isocyanates is 1. The smallest absolute Gasteiger partial charge is 0.235 e. The second-order valence-corrected chi connectivity index (χ2v) is 4.71. The number of carbonyl (C=O) groups excluding carboxylic acids is 1. The molecule has 19 heavy (non-hydrogen) atoms. The van der Waals surface area contributed by atoms with Crippen LogP contribution in [0, 0.1) is 12.7 Å². The normalized spacial score (nSPS) is 16.2. The van der Waals surface area contributed by atoms with Gasteiger partial charge in [-0.25, -0.2) is 9.18 Å². The number of rotatable bonds is 4. The van der Waals surface area contributed by atoms with E-state index < -0.39 is 11.4 Å². The maximum absolute atomic E-state index is 13.9. The lowest BCUT2D eigenvalue weighted by molar-refractivity contribution is 0.239. The van der Waals surface area contributed by atoms with E-state index in [1.807, 2.05) is 0 Å². The van der Waals surface area contributed by atoms with Crippen LogP contribution in [0.25, 0.3) is 0 Å². The van der Waals surface area contributed by atoms with E-state index in [1.54, 1.807) is 13.0 Å². The first kappa shape index (κ1) is 13.6. The van der Waals surface area contributed by atoms with E-state index >= 15 is 0 Å². The number of nitrogens with zero attached hydrogens (tertiary/aromatic N) is 1. The predicted molar refractivity (Wildman–Crippen MR) is 67.9 cm³/mol. The molecule has 5 heteroatoms. The van der Waals surface area contributed by atoms with Gasteiger partial charge in [-0.1, -0.05) is 0 Å². The molecule has 102 valence electrons. The second kappa shape index (κ2) is 5.02. The van der Waals surface area contributed by atoms with E-state index in [2.05, 4.69) is 4.99 Å². The average Bonchev–Trinajstić information content (AvgIpc) is 2.33. The van der Waals surface area contributed by atoms with Crippen LogP contribution in [0.15, 0.2) is 11.1 Å². The molecule has 0 amide bonds. The molecule has 0 unspecified atom stereocenters. The highest BCUT2D eigenvalue weighted by Gasteiger charge is 2.43. The Kier molecular flexibility index (Phi) is 3.58. The van der Waals surface area contributed by atoms with Crippen LogP contribution in [0.3, 0.4) is 0 Å². The Labute approximate surface area is 111 Å². The Morgan fingerprint density at radius 1 is 1.32 bits per heavy atom. The molecule has 1 aliphatic carbocycles. The van der Waals surface area contributed by atoms with Gasteiger partial charge < -0.3 is 9.47 Å². The summed E-state index contributed by atoms with van der Waals surface area (Å²) in [6.07, 6.45) is 4.05. The lowest BCUT2D eigenvalue weighted by Gasteiger charge is -2.39. The summed E-state index contributed by atoms with van der Waals surface area (Å²) >= 11 is 0. The molecular formula is C14H16FNO3. The molecule has 0 atom stereocenters. The van der Waals surface area contributed by atoms with Crippen molar-refractivity contribution < 1.29 is 18.7 Å². The molecule has 0 heterocycles. The van der Waals surface area contributed by atoms with Crippen LogP contribution >= 0.6 is 0 Å². The van der Waals surface area contributed by atoms with Gasteiger partial charge in [-0.2, -0.15) is 4.99 Å². The molecule has 0 aromatic heterocycles. The molecule has 4 nitrogen and oxygen atoms in total. The van der Waals surface area contributed by atoms with Crippen molar-refractivity contribution >= 4 is 6.08 Å². The molecule has 1 saturated carbocycles. The van der Waals surface area contributed by atoms with Crippen molar-refractivity contribution in [2.24, 2.45) is 4.99 Å². The number of ether oxygens (including phenoxy) is 2. The monoisotopic (exact) mass is 265 g/mol. The van der Waals surface area contributed by atoms with Gasteiger partial charge >= 0.3 is 0 Å². The molecule has 0 bridgehead atoms. The van der Waals surface area contributed by atoms with Gasteiger partial charge in [0.15, 0.2) is 17.3 Å². The average molecular weight is 265 g/mol. The standard InChI is InChI=1S/C14H16FNO3/c1-9-7-10(15)12(18-2)13(19-3)11(9)14(16-8-17)5-4-6-14/h7H,4-6H2,1-3H3. The Morgan fingerprint density at radius 3 is 2.37 bits per heavy atom. The largest absolute Gasteiger partial charge is 0.492 e. The third-order valence-corrected chi connectivity index (χ3v) is 3.70. The van der Waals surface area contributed by atoms with Crippen molar-refractivity contribution in [1.29, 1.82) is 0 Å². The summed E-state index contributed by atoms with van der Waals surface area (Å²) in [4.78, 5) is 14.6. The minimum atomic E-state index is -0.641. The molecule has 1 fully saturated rings. The summed E-state index contributed by atoms with van der Waals surface area (Å²) in [7, 11) is 2.84. The van der Waals surface area contributed by atoms with Crippen LogP contribution in [0.2, 0.25) is 0 Å². The zero-order valence-electron chi connectivity index (χ0n) is 11.2. The first-order chi connectivity index (χ1) is 9.09. The summed E-state index contributed by atoms with van der Waals surface area (Å²) in [6.45, 7) is 1.78. The highest BCUT2D eigenvalue weighted by molar-refractivity contribution is 5.56. The van der Waals surface area contributed by atoms with Crippen LogP contribution < -0.4 is 9.47 Å². The number of benzene rings is 1. The van der Waals surface area contributed by atoms with Crippen LogP contribution in [-0.4, -0.2) is 20.3 Å². The first-order valence-electron chi connectivity index (χ1n) is 6.10. The number of aliphatic imine (C=N–C) groups is 1. The van der Waals surface area contributed by atoms with Gasteiger partial charge in [0.25, 0.3) is 0 Å². The quantitative estimate of drug-likeness (QED) is 0.621. The Morgan fingerprint density at radius 2 is 1.95 bits per heavy atom. The SMILES string of the molecule is COc1c(F)cc(C)c(C2(N=C=O)CCC2)c1OC. The van der Waals surface area contributed by atoms with Gasteiger partial charge in [0, 0.05) is 5.56 Å². The van der Waals surface area contributed by atoms with Gasteiger partial charge in [-0.15, -0.1) is 0 Å². The Hall–Kier alpha value is -1.87. The fourth-order valence-corrected chi connectivity index (χ4v) is 2.71. The molecule has 0 spiro atoms. The minimum absolute atomic E-state index is 0.0514. The van der Waals surface area contributed by atoms with E-state index in [1.165, 1.54) is 20.3 Å². The fourth-order valence-electron chi connectivity index (χ4n) is 2.71. The molecule has 1 aromatic rings. The molecule has 0 radical (unpaired) electrons. The summed E-state index contributed by atoms with van der Waals surface area (Å²) < 4.78 is 24.2. The van der Waals surface area contributed by atoms with Gasteiger partial charge in [0.05, 0.1) is 14.2 Å². The molecule has 2 rings (SSSR count). The molecule has 0 N–H and O–H groups in total. The molecule has 0 saturated heterocycles. The number of halogens is 1. The fraction of sp³-hybridized carbons (Fsp3) is 0.500. The molecule has 1 aliphatic rings. The van der Waals surface area contributed by atoms with Crippen LogP contribution in [-0.2, 0) is 10.3 Å². The zero-order valence-corrected chi connectivity index (χ0v) is 11.2. The number of methoxy groups -OCH3 is 2. The minimum Gasteiger partial charge on any atom is -0.492 e. The van der Waals surface area contributed by atoms with E-state index in [9.17, 15) is 9.18 Å². The summed E-state index contributed by atoms with van der Waals surface area (Å²) in [5, 5.41) is 0. The molecular weight excluding hydrogens is 249 g/mol. The maximum atomic E-state index is 13.9. The zero-order chi connectivity index (χ0) is 14.0. The lowest BCUT2D eigenvalue weighted by Crippen LogP contribution is -2.33. The third-order valence-electron chi connectivity index (χ3n) is 3.70. The first-order valence-corrected chi connectivity index (χ1v) is 6.10. The van der Waals surface area contributed by atoms with Crippen molar-refractivity contribution in [1.82, 2.24) is 0 Å². The van der Waals surface area contributed by atoms with Crippen molar-refractivity contribution in [2.75, 3.05) is 14.2 Å². The lowest BCUT2D eigenvalue weighted by atomic mass is 9.70. The predicted octanol–water partition coefficient (Wildman–Crippen LogP) is 2.87. The number of aryl methyl sites for hydroxylation is 1. The van der Waals surface area contributed by atoms with Gasteiger partial charge in [0.1, 0.15) is 5.54 Å².